The quantitative estimate of drug-likeness (QED) is 0.570. The van der Waals surface area contributed by atoms with Crippen molar-refractivity contribution in [3.8, 4) is 0 Å². The zero-order chi connectivity index (χ0) is 12.6. The third-order valence-electron chi connectivity index (χ3n) is 3.15. The Labute approximate surface area is 99.5 Å². The maximum Gasteiger partial charge on any atom is 0.0593 e. The van der Waals surface area contributed by atoms with Crippen LogP contribution in [0.4, 0.5) is 0 Å². The van der Waals surface area contributed by atoms with E-state index in [0.717, 1.165) is 32.1 Å². The highest BCUT2D eigenvalue weighted by Crippen LogP contribution is 2.22. The van der Waals surface area contributed by atoms with Crippen molar-refractivity contribution in [1.82, 2.24) is 0 Å². The fraction of sp³-hybridized carbons (Fsp3) is 1.00. The Kier molecular flexibility index (Phi) is 8.90. The van der Waals surface area contributed by atoms with Crippen LogP contribution in [0.15, 0.2) is 0 Å². The predicted octanol–water partition coefficient (Wildman–Crippen LogP) is 2.09. The molecule has 0 aliphatic carbocycles. The molecule has 16 heavy (non-hydrogen) atoms. The minimum atomic E-state index is -0.421. The molecule has 0 amide bonds. The zero-order valence-corrected chi connectivity index (χ0v) is 10.9. The summed E-state index contributed by atoms with van der Waals surface area (Å²) < 4.78 is 0. The summed E-state index contributed by atoms with van der Waals surface area (Å²) in [5, 5.41) is 29.0. The maximum atomic E-state index is 9.95. The highest BCUT2D eigenvalue weighted by molar-refractivity contribution is 4.75. The molecule has 0 aliphatic rings. The van der Waals surface area contributed by atoms with Crippen LogP contribution in [0.5, 0.6) is 0 Å². The van der Waals surface area contributed by atoms with Gasteiger partial charge in [-0.15, -0.1) is 0 Å². The third-order valence-corrected chi connectivity index (χ3v) is 3.15. The van der Waals surface area contributed by atoms with E-state index in [4.69, 9.17) is 0 Å². The highest BCUT2D eigenvalue weighted by atomic mass is 16.3. The van der Waals surface area contributed by atoms with Gasteiger partial charge >= 0.3 is 0 Å². The smallest absolute Gasteiger partial charge is 0.0593 e. The molecule has 0 spiro atoms. The van der Waals surface area contributed by atoms with E-state index < -0.39 is 12.2 Å². The first-order valence-electron chi connectivity index (χ1n) is 6.57. The number of aliphatic hydroxyl groups excluding tert-OH is 3. The van der Waals surface area contributed by atoms with E-state index in [1.807, 2.05) is 13.8 Å². The molecule has 0 aromatic carbocycles. The number of hydrogen-bond acceptors (Lipinski definition) is 3. The molecule has 0 aromatic heterocycles. The van der Waals surface area contributed by atoms with Crippen molar-refractivity contribution in [1.29, 1.82) is 0 Å². The van der Waals surface area contributed by atoms with E-state index in [-0.39, 0.29) is 12.0 Å². The second-order valence-electron chi connectivity index (χ2n) is 4.78. The van der Waals surface area contributed by atoms with Crippen LogP contribution in [0.1, 0.15) is 59.3 Å². The molecule has 0 bridgehead atoms. The van der Waals surface area contributed by atoms with Crippen molar-refractivity contribution >= 4 is 0 Å². The summed E-state index contributed by atoms with van der Waals surface area (Å²) in [4.78, 5) is 0. The molecule has 3 N–H and O–H groups in total. The first-order valence-corrected chi connectivity index (χ1v) is 6.57. The fourth-order valence-electron chi connectivity index (χ4n) is 2.10. The topological polar surface area (TPSA) is 60.7 Å². The summed E-state index contributed by atoms with van der Waals surface area (Å²) in [5.41, 5.74) is 0. The van der Waals surface area contributed by atoms with Gasteiger partial charge in [-0.05, 0) is 32.6 Å². The van der Waals surface area contributed by atoms with E-state index >= 15 is 0 Å². The maximum absolute atomic E-state index is 9.95. The summed E-state index contributed by atoms with van der Waals surface area (Å²) in [5.74, 6) is -0.0382. The molecule has 4 unspecified atom stereocenters. The van der Waals surface area contributed by atoms with Crippen LogP contribution in [0.25, 0.3) is 0 Å². The van der Waals surface area contributed by atoms with Crippen molar-refractivity contribution in [2.24, 2.45) is 5.92 Å². The van der Waals surface area contributed by atoms with Crippen LogP contribution in [0.2, 0.25) is 0 Å². The molecular formula is C13H28O3. The molecule has 0 rings (SSSR count). The van der Waals surface area contributed by atoms with Crippen molar-refractivity contribution in [3.05, 3.63) is 0 Å². The Morgan fingerprint density at radius 3 is 1.94 bits per heavy atom. The minimum absolute atomic E-state index is 0.0382. The van der Waals surface area contributed by atoms with Gasteiger partial charge < -0.3 is 15.3 Å². The monoisotopic (exact) mass is 232 g/mol. The predicted molar refractivity (Wildman–Crippen MR) is 66.2 cm³/mol. The van der Waals surface area contributed by atoms with Crippen LogP contribution in [0.3, 0.4) is 0 Å². The summed E-state index contributed by atoms with van der Waals surface area (Å²) in [6, 6.07) is 0. The molecule has 0 aromatic rings. The minimum Gasteiger partial charge on any atom is -0.393 e. The zero-order valence-electron chi connectivity index (χ0n) is 10.9. The average molecular weight is 232 g/mol. The fourth-order valence-corrected chi connectivity index (χ4v) is 2.10. The average Bonchev–Trinajstić information content (AvgIpc) is 2.23. The third kappa shape index (κ3) is 6.46. The van der Waals surface area contributed by atoms with Gasteiger partial charge in [0.15, 0.2) is 0 Å². The number of aliphatic hydroxyl groups is 3. The van der Waals surface area contributed by atoms with Crippen LogP contribution >= 0.6 is 0 Å². The lowest BCUT2D eigenvalue weighted by molar-refractivity contribution is -0.000449. The summed E-state index contributed by atoms with van der Waals surface area (Å²) in [6.45, 7) is 5.74. The van der Waals surface area contributed by atoms with Gasteiger partial charge in [0.1, 0.15) is 0 Å². The SMILES string of the molecule is CCCC(O)C(CCCC(C)O)C(O)CC. The molecular weight excluding hydrogens is 204 g/mol. The van der Waals surface area contributed by atoms with Gasteiger partial charge in [-0.1, -0.05) is 26.7 Å². The second kappa shape index (κ2) is 8.97. The molecule has 0 aliphatic heterocycles. The molecule has 0 heterocycles. The number of hydrogen-bond donors (Lipinski definition) is 3. The molecule has 4 atom stereocenters. The van der Waals surface area contributed by atoms with Crippen LogP contribution in [0, 0.1) is 5.92 Å². The Balaban J connectivity index is 4.09. The van der Waals surface area contributed by atoms with Crippen molar-refractivity contribution in [3.63, 3.8) is 0 Å². The second-order valence-corrected chi connectivity index (χ2v) is 4.78. The van der Waals surface area contributed by atoms with Gasteiger partial charge in [0.2, 0.25) is 0 Å². The lowest BCUT2D eigenvalue weighted by Crippen LogP contribution is -2.31. The van der Waals surface area contributed by atoms with Gasteiger partial charge in [-0.25, -0.2) is 0 Å². The Morgan fingerprint density at radius 1 is 0.875 bits per heavy atom. The largest absolute Gasteiger partial charge is 0.393 e. The standard InChI is InChI=1S/C13H28O3/c1-4-7-13(16)11(12(15)5-2)9-6-8-10(3)14/h10-16H,4-9H2,1-3H3. The van der Waals surface area contributed by atoms with E-state index in [9.17, 15) is 15.3 Å². The lowest BCUT2D eigenvalue weighted by Gasteiger charge is -2.27. The van der Waals surface area contributed by atoms with Crippen molar-refractivity contribution in [2.45, 2.75) is 77.6 Å². The number of rotatable bonds is 9. The van der Waals surface area contributed by atoms with Gasteiger partial charge in [0, 0.05) is 5.92 Å². The van der Waals surface area contributed by atoms with Crippen molar-refractivity contribution < 1.29 is 15.3 Å². The molecule has 0 saturated carbocycles. The van der Waals surface area contributed by atoms with Crippen molar-refractivity contribution in [2.75, 3.05) is 0 Å². The molecule has 0 saturated heterocycles. The van der Waals surface area contributed by atoms with Gasteiger partial charge in [0.25, 0.3) is 0 Å². The molecule has 0 fully saturated rings. The van der Waals surface area contributed by atoms with Crippen LogP contribution in [-0.4, -0.2) is 33.6 Å². The molecule has 0 radical (unpaired) electrons. The summed E-state index contributed by atoms with van der Waals surface area (Å²) >= 11 is 0. The van der Waals surface area contributed by atoms with Gasteiger partial charge in [-0.2, -0.15) is 0 Å². The first-order chi connectivity index (χ1) is 7.52. The van der Waals surface area contributed by atoms with Gasteiger partial charge in [-0.3, -0.25) is 0 Å². The molecule has 98 valence electrons. The van der Waals surface area contributed by atoms with Crippen LogP contribution < -0.4 is 0 Å². The first kappa shape index (κ1) is 15.9. The van der Waals surface area contributed by atoms with E-state index in [1.54, 1.807) is 6.92 Å². The molecule has 3 nitrogen and oxygen atoms in total. The van der Waals surface area contributed by atoms with E-state index in [2.05, 4.69) is 0 Å². The Morgan fingerprint density at radius 2 is 1.50 bits per heavy atom. The lowest BCUT2D eigenvalue weighted by atomic mass is 9.87. The van der Waals surface area contributed by atoms with Gasteiger partial charge in [0.05, 0.1) is 18.3 Å². The Hall–Kier alpha value is -0.120. The normalized spacial score (nSPS) is 19.1. The highest BCUT2D eigenvalue weighted by Gasteiger charge is 2.24. The summed E-state index contributed by atoms with van der Waals surface area (Å²) in [6.07, 6.45) is 3.64. The van der Waals surface area contributed by atoms with E-state index in [0.29, 0.717) is 6.42 Å². The Bertz CT molecular complexity index is 159. The summed E-state index contributed by atoms with van der Waals surface area (Å²) in [7, 11) is 0. The van der Waals surface area contributed by atoms with Crippen LogP contribution in [-0.2, 0) is 0 Å². The molecule has 3 heteroatoms. The van der Waals surface area contributed by atoms with E-state index in [1.165, 1.54) is 0 Å².